The maximum absolute atomic E-state index is 5.56. The zero-order chi connectivity index (χ0) is 11.5. The summed E-state index contributed by atoms with van der Waals surface area (Å²) in [6.07, 6.45) is 0.941. The van der Waals surface area contributed by atoms with Crippen LogP contribution in [0.2, 0.25) is 0 Å². The zero-order valence-electron chi connectivity index (χ0n) is 9.55. The van der Waals surface area contributed by atoms with Crippen LogP contribution in [0.3, 0.4) is 0 Å². The minimum Gasteiger partial charge on any atom is -0.330 e. The molecule has 5 heteroatoms. The van der Waals surface area contributed by atoms with E-state index < -0.39 is 0 Å². The molecule has 0 aliphatic carbocycles. The second-order valence-electron chi connectivity index (χ2n) is 3.87. The molecule has 2 aromatic heterocycles. The molecule has 2 rings (SSSR count). The van der Waals surface area contributed by atoms with E-state index in [1.54, 1.807) is 11.3 Å². The number of aromatic nitrogens is 3. The van der Waals surface area contributed by atoms with E-state index in [0.717, 1.165) is 22.9 Å². The van der Waals surface area contributed by atoms with Crippen molar-refractivity contribution < 1.29 is 0 Å². The van der Waals surface area contributed by atoms with Gasteiger partial charge in [0.2, 0.25) is 0 Å². The standard InChI is InChI=1S/C11H16N4S/c1-8(5-6-12)11-13-10(14-15(11)2)9-4-3-7-16-9/h3-4,7-8H,5-6,12H2,1-2H3. The molecule has 0 radical (unpaired) electrons. The summed E-state index contributed by atoms with van der Waals surface area (Å²) >= 11 is 1.66. The molecule has 1 atom stereocenters. The van der Waals surface area contributed by atoms with Gasteiger partial charge in [0.05, 0.1) is 4.88 Å². The highest BCUT2D eigenvalue weighted by molar-refractivity contribution is 7.13. The first kappa shape index (κ1) is 11.3. The normalized spacial score (nSPS) is 12.9. The maximum atomic E-state index is 5.56. The number of hydrogen-bond donors (Lipinski definition) is 1. The second kappa shape index (κ2) is 4.76. The Bertz CT molecular complexity index is 447. The van der Waals surface area contributed by atoms with Gasteiger partial charge in [-0.2, -0.15) is 5.10 Å². The van der Waals surface area contributed by atoms with Gasteiger partial charge in [0.1, 0.15) is 5.82 Å². The molecule has 4 nitrogen and oxygen atoms in total. The van der Waals surface area contributed by atoms with E-state index in [0.29, 0.717) is 12.5 Å². The molecular weight excluding hydrogens is 220 g/mol. The van der Waals surface area contributed by atoms with Gasteiger partial charge in [0.15, 0.2) is 5.82 Å². The molecule has 0 aliphatic heterocycles. The maximum Gasteiger partial charge on any atom is 0.191 e. The van der Waals surface area contributed by atoms with Crippen LogP contribution in [-0.4, -0.2) is 21.3 Å². The van der Waals surface area contributed by atoms with Crippen molar-refractivity contribution in [3.8, 4) is 10.7 Å². The number of rotatable bonds is 4. The van der Waals surface area contributed by atoms with E-state index in [4.69, 9.17) is 5.73 Å². The molecule has 1 unspecified atom stereocenters. The molecule has 0 bridgehead atoms. The van der Waals surface area contributed by atoms with Crippen LogP contribution in [0.1, 0.15) is 25.1 Å². The minimum atomic E-state index is 0.358. The van der Waals surface area contributed by atoms with Crippen molar-refractivity contribution in [1.29, 1.82) is 0 Å². The Kier molecular flexibility index (Phi) is 3.36. The molecule has 2 heterocycles. The molecule has 0 saturated carbocycles. The molecule has 0 aromatic carbocycles. The first-order valence-electron chi connectivity index (χ1n) is 5.37. The number of aryl methyl sites for hydroxylation is 1. The summed E-state index contributed by atoms with van der Waals surface area (Å²) in [5, 5.41) is 6.47. The third kappa shape index (κ3) is 2.15. The predicted molar refractivity (Wildman–Crippen MR) is 66.4 cm³/mol. The van der Waals surface area contributed by atoms with Crippen LogP contribution in [0.15, 0.2) is 17.5 Å². The molecule has 86 valence electrons. The summed E-state index contributed by atoms with van der Waals surface area (Å²) in [5.41, 5.74) is 5.56. The molecule has 0 saturated heterocycles. The summed E-state index contributed by atoms with van der Waals surface area (Å²) in [7, 11) is 1.94. The summed E-state index contributed by atoms with van der Waals surface area (Å²) in [5.74, 6) is 2.18. The Morgan fingerprint density at radius 2 is 2.38 bits per heavy atom. The molecule has 0 spiro atoms. The fourth-order valence-electron chi connectivity index (χ4n) is 1.71. The van der Waals surface area contributed by atoms with E-state index >= 15 is 0 Å². The number of thiophene rings is 1. The topological polar surface area (TPSA) is 56.7 Å². The van der Waals surface area contributed by atoms with Gasteiger partial charge in [-0.25, -0.2) is 4.98 Å². The van der Waals surface area contributed by atoms with Crippen LogP contribution in [0.4, 0.5) is 0 Å². The fourth-order valence-corrected chi connectivity index (χ4v) is 2.37. The zero-order valence-corrected chi connectivity index (χ0v) is 10.4. The quantitative estimate of drug-likeness (QED) is 0.883. The van der Waals surface area contributed by atoms with Crippen LogP contribution >= 0.6 is 11.3 Å². The van der Waals surface area contributed by atoms with Gasteiger partial charge in [0.25, 0.3) is 0 Å². The number of nitrogens with two attached hydrogens (primary N) is 1. The average molecular weight is 236 g/mol. The van der Waals surface area contributed by atoms with Crippen LogP contribution in [0, 0.1) is 0 Å². The summed E-state index contributed by atoms with van der Waals surface area (Å²) < 4.78 is 1.86. The minimum absolute atomic E-state index is 0.358. The lowest BCUT2D eigenvalue weighted by Crippen LogP contribution is -2.09. The van der Waals surface area contributed by atoms with Gasteiger partial charge in [-0.05, 0) is 24.4 Å². The second-order valence-corrected chi connectivity index (χ2v) is 4.82. The molecule has 0 aliphatic rings. The van der Waals surface area contributed by atoms with Gasteiger partial charge < -0.3 is 5.73 Å². The molecular formula is C11H16N4S. The third-order valence-electron chi connectivity index (χ3n) is 2.58. The Morgan fingerprint density at radius 3 is 3.00 bits per heavy atom. The Hall–Kier alpha value is -1.20. The first-order valence-corrected chi connectivity index (χ1v) is 6.25. The molecule has 16 heavy (non-hydrogen) atoms. The van der Waals surface area contributed by atoms with Gasteiger partial charge >= 0.3 is 0 Å². The van der Waals surface area contributed by atoms with Crippen LogP contribution in [0.5, 0.6) is 0 Å². The monoisotopic (exact) mass is 236 g/mol. The smallest absolute Gasteiger partial charge is 0.191 e. The number of hydrogen-bond acceptors (Lipinski definition) is 4. The molecule has 0 amide bonds. The van der Waals surface area contributed by atoms with Gasteiger partial charge in [-0.3, -0.25) is 4.68 Å². The summed E-state index contributed by atoms with van der Waals surface area (Å²) in [4.78, 5) is 5.69. The highest BCUT2D eigenvalue weighted by atomic mass is 32.1. The van der Waals surface area contributed by atoms with Crippen molar-refractivity contribution in [2.45, 2.75) is 19.3 Å². The van der Waals surface area contributed by atoms with Crippen molar-refractivity contribution in [2.24, 2.45) is 12.8 Å². The number of nitrogens with zero attached hydrogens (tertiary/aromatic N) is 3. The average Bonchev–Trinajstić information content (AvgIpc) is 2.86. The lowest BCUT2D eigenvalue weighted by atomic mass is 10.1. The van der Waals surface area contributed by atoms with E-state index in [2.05, 4.69) is 17.0 Å². The van der Waals surface area contributed by atoms with E-state index in [-0.39, 0.29) is 0 Å². The van der Waals surface area contributed by atoms with Crippen molar-refractivity contribution in [3.63, 3.8) is 0 Å². The van der Waals surface area contributed by atoms with Gasteiger partial charge in [-0.1, -0.05) is 13.0 Å². The summed E-state index contributed by atoms with van der Waals surface area (Å²) in [6.45, 7) is 2.82. The Labute approximate surface area is 99.1 Å². The van der Waals surface area contributed by atoms with E-state index in [1.165, 1.54) is 0 Å². The predicted octanol–water partition coefficient (Wildman–Crippen LogP) is 2.00. The van der Waals surface area contributed by atoms with Gasteiger partial charge in [0, 0.05) is 13.0 Å². The van der Waals surface area contributed by atoms with E-state index in [9.17, 15) is 0 Å². The lowest BCUT2D eigenvalue weighted by molar-refractivity contribution is 0.593. The van der Waals surface area contributed by atoms with Crippen molar-refractivity contribution in [1.82, 2.24) is 14.8 Å². The SMILES string of the molecule is CC(CCN)c1nc(-c2cccs2)nn1C. The third-order valence-corrected chi connectivity index (χ3v) is 3.44. The van der Waals surface area contributed by atoms with Crippen LogP contribution in [0.25, 0.3) is 10.7 Å². The van der Waals surface area contributed by atoms with Crippen molar-refractivity contribution in [2.75, 3.05) is 6.54 Å². The highest BCUT2D eigenvalue weighted by Crippen LogP contribution is 2.24. The Morgan fingerprint density at radius 1 is 1.56 bits per heavy atom. The Balaban J connectivity index is 2.28. The summed E-state index contributed by atoms with van der Waals surface area (Å²) in [6, 6.07) is 4.05. The molecule has 2 N–H and O–H groups in total. The largest absolute Gasteiger partial charge is 0.330 e. The lowest BCUT2D eigenvalue weighted by Gasteiger charge is -2.07. The molecule has 2 aromatic rings. The van der Waals surface area contributed by atoms with Crippen LogP contribution < -0.4 is 5.73 Å². The van der Waals surface area contributed by atoms with Crippen molar-refractivity contribution >= 4 is 11.3 Å². The van der Waals surface area contributed by atoms with E-state index in [1.807, 2.05) is 29.2 Å². The highest BCUT2D eigenvalue weighted by Gasteiger charge is 2.14. The fraction of sp³-hybridized carbons (Fsp3) is 0.455. The van der Waals surface area contributed by atoms with Crippen molar-refractivity contribution in [3.05, 3.63) is 23.3 Å². The van der Waals surface area contributed by atoms with Crippen LogP contribution in [-0.2, 0) is 7.05 Å². The molecule has 0 fully saturated rings. The first-order chi connectivity index (χ1) is 7.72. The van der Waals surface area contributed by atoms with Gasteiger partial charge in [-0.15, -0.1) is 11.3 Å².